The van der Waals surface area contributed by atoms with Gasteiger partial charge in [-0.2, -0.15) is 0 Å². The molecule has 4 fully saturated rings. The van der Waals surface area contributed by atoms with Gasteiger partial charge in [-0.25, -0.2) is 0 Å². The number of hydrogen-bond acceptors (Lipinski definition) is 1. The average molecular weight is 356 g/mol. The van der Waals surface area contributed by atoms with E-state index in [0.717, 1.165) is 0 Å². The van der Waals surface area contributed by atoms with Crippen molar-refractivity contribution in [2.75, 3.05) is 14.1 Å². The molecule has 0 N–H and O–H groups in total. The number of nitrogens with zero attached hydrogens (tertiary/aromatic N) is 1. The number of carbonyl (C=O) groups excluding carboxylic acids is 1. The van der Waals surface area contributed by atoms with Crippen molar-refractivity contribution in [3.8, 4) is 0 Å². The summed E-state index contributed by atoms with van der Waals surface area (Å²) in [6.07, 6.45) is 9.62. The van der Waals surface area contributed by atoms with Crippen molar-refractivity contribution < 1.29 is 4.79 Å². The Morgan fingerprint density at radius 2 is 1.27 bits per heavy atom. The van der Waals surface area contributed by atoms with E-state index < -0.39 is 0 Å². The largest absolute Gasteiger partial charge is 0.348 e. The first kappa shape index (κ1) is 19.5. The Morgan fingerprint density at radius 3 is 1.62 bits per heavy atom. The maximum Gasteiger partial charge on any atom is 0.228 e. The standard InChI is InChI=1S/C14H21NO.C10H16/c1-11(12-9-7-6-8-10-12)14(2,3)13(16)15(4)5;1-7-2-9-4-8(1)5-10(3-7)6-9/h6-11H,1-5H3;7-10H,1-6H2. The molecule has 1 atom stereocenters. The second-order valence-corrected chi connectivity index (χ2v) is 9.93. The fourth-order valence-electron chi connectivity index (χ4n) is 5.90. The Balaban J connectivity index is 0.000000164. The van der Waals surface area contributed by atoms with E-state index in [1.807, 2.05) is 46.1 Å². The van der Waals surface area contributed by atoms with Crippen LogP contribution in [-0.4, -0.2) is 24.9 Å². The molecule has 0 aromatic heterocycles. The highest BCUT2D eigenvalue weighted by atomic mass is 16.2. The van der Waals surface area contributed by atoms with Crippen molar-refractivity contribution in [3.05, 3.63) is 35.9 Å². The third kappa shape index (κ3) is 4.15. The molecule has 0 aliphatic heterocycles. The summed E-state index contributed by atoms with van der Waals surface area (Å²) in [4.78, 5) is 13.8. The van der Waals surface area contributed by atoms with Crippen LogP contribution in [0.5, 0.6) is 0 Å². The molecule has 0 saturated heterocycles. The van der Waals surface area contributed by atoms with Crippen LogP contribution in [0.3, 0.4) is 0 Å². The lowest BCUT2D eigenvalue weighted by Gasteiger charge is -2.49. The summed E-state index contributed by atoms with van der Waals surface area (Å²) in [5, 5.41) is 0. The molecule has 1 unspecified atom stereocenters. The van der Waals surface area contributed by atoms with E-state index in [2.05, 4.69) is 19.1 Å². The zero-order valence-electron chi connectivity index (χ0n) is 17.4. The highest BCUT2D eigenvalue weighted by Gasteiger charge is 2.41. The van der Waals surface area contributed by atoms with E-state index in [0.29, 0.717) is 0 Å². The number of carbonyl (C=O) groups is 1. The second kappa shape index (κ2) is 7.74. The smallest absolute Gasteiger partial charge is 0.228 e. The first-order chi connectivity index (χ1) is 12.3. The van der Waals surface area contributed by atoms with E-state index in [9.17, 15) is 4.79 Å². The Hall–Kier alpha value is -1.31. The predicted molar refractivity (Wildman–Crippen MR) is 109 cm³/mol. The van der Waals surface area contributed by atoms with Crippen LogP contribution in [-0.2, 0) is 4.79 Å². The third-order valence-corrected chi connectivity index (χ3v) is 7.34. The predicted octanol–water partition coefficient (Wildman–Crippen LogP) is 5.74. The highest BCUT2D eigenvalue weighted by molar-refractivity contribution is 5.82. The van der Waals surface area contributed by atoms with E-state index >= 15 is 0 Å². The Bertz CT molecular complexity index is 547. The van der Waals surface area contributed by atoms with Gasteiger partial charge in [0.2, 0.25) is 5.91 Å². The summed E-state index contributed by atoms with van der Waals surface area (Å²) in [7, 11) is 3.61. The summed E-state index contributed by atoms with van der Waals surface area (Å²) in [6.45, 7) is 6.12. The van der Waals surface area contributed by atoms with Gasteiger partial charge in [-0.3, -0.25) is 4.79 Å². The van der Waals surface area contributed by atoms with Crippen LogP contribution in [0, 0.1) is 29.1 Å². The molecule has 144 valence electrons. The monoisotopic (exact) mass is 355 g/mol. The molecular weight excluding hydrogens is 318 g/mol. The molecule has 0 radical (unpaired) electrons. The first-order valence-electron chi connectivity index (χ1n) is 10.5. The molecule has 1 aromatic carbocycles. The lowest BCUT2D eigenvalue weighted by Crippen LogP contribution is -2.39. The van der Waals surface area contributed by atoms with Gasteiger partial charge in [-0.05, 0) is 73.7 Å². The van der Waals surface area contributed by atoms with Crippen LogP contribution >= 0.6 is 0 Å². The van der Waals surface area contributed by atoms with Crippen LogP contribution in [0.2, 0.25) is 0 Å². The van der Waals surface area contributed by atoms with Gasteiger partial charge in [0.05, 0.1) is 5.41 Å². The van der Waals surface area contributed by atoms with Crippen LogP contribution in [0.25, 0.3) is 0 Å². The van der Waals surface area contributed by atoms with Gasteiger partial charge in [0.15, 0.2) is 0 Å². The molecule has 0 spiro atoms. The average Bonchev–Trinajstić information content (AvgIpc) is 2.60. The van der Waals surface area contributed by atoms with Crippen molar-refractivity contribution in [1.29, 1.82) is 0 Å². The molecule has 2 heteroatoms. The van der Waals surface area contributed by atoms with Gasteiger partial charge in [0.1, 0.15) is 0 Å². The molecular formula is C24H37NO. The van der Waals surface area contributed by atoms with E-state index in [1.54, 1.807) is 43.4 Å². The molecule has 4 aliphatic carbocycles. The van der Waals surface area contributed by atoms with Crippen molar-refractivity contribution >= 4 is 5.91 Å². The quantitative estimate of drug-likeness (QED) is 0.677. The lowest BCUT2D eigenvalue weighted by molar-refractivity contribution is -0.138. The molecule has 4 bridgehead atoms. The molecule has 1 aromatic rings. The van der Waals surface area contributed by atoms with Gasteiger partial charge < -0.3 is 4.90 Å². The molecule has 0 heterocycles. The fraction of sp³-hybridized carbons (Fsp3) is 0.708. The topological polar surface area (TPSA) is 20.3 Å². The van der Waals surface area contributed by atoms with Crippen LogP contribution < -0.4 is 0 Å². The highest BCUT2D eigenvalue weighted by Crippen LogP contribution is 2.53. The lowest BCUT2D eigenvalue weighted by atomic mass is 9.56. The van der Waals surface area contributed by atoms with Crippen LogP contribution in [0.1, 0.15) is 70.8 Å². The van der Waals surface area contributed by atoms with Crippen molar-refractivity contribution in [2.45, 2.75) is 65.2 Å². The first-order valence-corrected chi connectivity index (χ1v) is 10.5. The van der Waals surface area contributed by atoms with Crippen molar-refractivity contribution in [1.82, 2.24) is 4.90 Å². The summed E-state index contributed by atoms with van der Waals surface area (Å²) in [6, 6.07) is 10.2. The minimum absolute atomic E-state index is 0.170. The summed E-state index contributed by atoms with van der Waals surface area (Å²) in [5.74, 6) is 5.09. The van der Waals surface area contributed by atoms with Gasteiger partial charge in [0, 0.05) is 14.1 Å². The molecule has 4 aliphatic rings. The zero-order valence-corrected chi connectivity index (χ0v) is 17.4. The maximum absolute atomic E-state index is 12.1. The Kier molecular flexibility index (Phi) is 5.79. The molecule has 1 amide bonds. The number of rotatable bonds is 3. The molecule has 2 nitrogen and oxygen atoms in total. The minimum Gasteiger partial charge on any atom is -0.348 e. The van der Waals surface area contributed by atoms with Gasteiger partial charge in [-0.1, -0.05) is 51.1 Å². The van der Waals surface area contributed by atoms with E-state index in [1.165, 1.54) is 29.2 Å². The van der Waals surface area contributed by atoms with Gasteiger partial charge >= 0.3 is 0 Å². The van der Waals surface area contributed by atoms with Gasteiger partial charge in [0.25, 0.3) is 0 Å². The molecule has 5 rings (SSSR count). The normalized spacial score (nSPS) is 30.3. The molecule has 4 saturated carbocycles. The SMILES string of the molecule is C1C2CC3CC1CC(C2)C3.CC(c1ccccc1)C(C)(C)C(=O)N(C)C. The minimum atomic E-state index is -0.370. The number of hydrogen-bond donors (Lipinski definition) is 0. The Morgan fingerprint density at radius 1 is 0.885 bits per heavy atom. The maximum atomic E-state index is 12.1. The van der Waals surface area contributed by atoms with E-state index in [-0.39, 0.29) is 17.2 Å². The Labute approximate surface area is 160 Å². The van der Waals surface area contributed by atoms with E-state index in [4.69, 9.17) is 0 Å². The second-order valence-electron chi connectivity index (χ2n) is 9.93. The van der Waals surface area contributed by atoms with Crippen LogP contribution in [0.4, 0.5) is 0 Å². The summed E-state index contributed by atoms with van der Waals surface area (Å²) in [5.41, 5.74) is 0.841. The van der Waals surface area contributed by atoms with Gasteiger partial charge in [-0.15, -0.1) is 0 Å². The third-order valence-electron chi connectivity index (χ3n) is 7.34. The summed E-state index contributed by atoms with van der Waals surface area (Å²) < 4.78 is 0. The number of benzene rings is 1. The van der Waals surface area contributed by atoms with Crippen LogP contribution in [0.15, 0.2) is 30.3 Å². The van der Waals surface area contributed by atoms with Crippen molar-refractivity contribution in [3.63, 3.8) is 0 Å². The van der Waals surface area contributed by atoms with Crippen molar-refractivity contribution in [2.24, 2.45) is 29.1 Å². The fourth-order valence-corrected chi connectivity index (χ4v) is 5.90. The zero-order chi connectivity index (χ0) is 18.9. The summed E-state index contributed by atoms with van der Waals surface area (Å²) >= 11 is 0. The molecule has 26 heavy (non-hydrogen) atoms. The number of amides is 1.